The van der Waals surface area contributed by atoms with Crippen LogP contribution in [0.5, 0.6) is 0 Å². The highest BCUT2D eigenvalue weighted by Gasteiger charge is 2.26. The predicted molar refractivity (Wildman–Crippen MR) is 63.8 cm³/mol. The van der Waals surface area contributed by atoms with Gasteiger partial charge in [0.25, 0.3) is 0 Å². The molecule has 1 aromatic carbocycles. The number of carboxylic acid groups (broad SMARTS) is 1. The molecule has 1 aliphatic rings. The number of hydrogen-bond acceptors (Lipinski definition) is 3. The Morgan fingerprint density at radius 1 is 1.47 bits per heavy atom. The van der Waals surface area contributed by atoms with Gasteiger partial charge in [0.15, 0.2) is 0 Å². The van der Waals surface area contributed by atoms with Gasteiger partial charge < -0.3 is 10.0 Å². The Kier molecular flexibility index (Phi) is 3.29. The molecule has 1 N–H and O–H groups in total. The van der Waals surface area contributed by atoms with E-state index in [9.17, 15) is 4.79 Å². The van der Waals surface area contributed by atoms with E-state index in [4.69, 9.17) is 10.4 Å². The van der Waals surface area contributed by atoms with Crippen molar-refractivity contribution in [2.75, 3.05) is 11.4 Å². The SMILES string of the molecule is N#Cc1ccc(N2CCCC2CC(=O)O)cc1. The maximum absolute atomic E-state index is 10.8. The summed E-state index contributed by atoms with van der Waals surface area (Å²) >= 11 is 0. The van der Waals surface area contributed by atoms with Gasteiger partial charge in [-0.05, 0) is 37.1 Å². The zero-order chi connectivity index (χ0) is 12.3. The molecule has 0 radical (unpaired) electrons. The average molecular weight is 230 g/mol. The van der Waals surface area contributed by atoms with Crippen LogP contribution in [0, 0.1) is 11.3 Å². The molecule has 1 heterocycles. The Hall–Kier alpha value is -2.02. The molecule has 0 amide bonds. The lowest BCUT2D eigenvalue weighted by Crippen LogP contribution is -2.31. The highest BCUT2D eigenvalue weighted by Crippen LogP contribution is 2.27. The second kappa shape index (κ2) is 4.88. The number of nitrogens with zero attached hydrogens (tertiary/aromatic N) is 2. The minimum absolute atomic E-state index is 0.0837. The number of carboxylic acids is 1. The van der Waals surface area contributed by atoms with Crippen molar-refractivity contribution in [2.45, 2.75) is 25.3 Å². The van der Waals surface area contributed by atoms with E-state index in [-0.39, 0.29) is 12.5 Å². The van der Waals surface area contributed by atoms with Gasteiger partial charge in [0.2, 0.25) is 0 Å². The summed E-state index contributed by atoms with van der Waals surface area (Å²) in [4.78, 5) is 12.9. The molecule has 0 bridgehead atoms. The van der Waals surface area contributed by atoms with Crippen LogP contribution in [0.1, 0.15) is 24.8 Å². The van der Waals surface area contributed by atoms with Crippen LogP contribution < -0.4 is 4.90 Å². The zero-order valence-electron chi connectivity index (χ0n) is 9.47. The third-order valence-corrected chi connectivity index (χ3v) is 3.12. The Balaban J connectivity index is 2.14. The standard InChI is InChI=1S/C13H14N2O2/c14-9-10-3-5-11(6-4-10)15-7-1-2-12(15)8-13(16)17/h3-6,12H,1-2,7-8H2,(H,16,17). The highest BCUT2D eigenvalue weighted by molar-refractivity contribution is 5.69. The normalized spacial score (nSPS) is 19.0. The number of carbonyl (C=O) groups is 1. The molecule has 1 fully saturated rings. The summed E-state index contributed by atoms with van der Waals surface area (Å²) in [5.41, 5.74) is 1.63. The summed E-state index contributed by atoms with van der Waals surface area (Å²) < 4.78 is 0. The number of rotatable bonds is 3. The summed E-state index contributed by atoms with van der Waals surface area (Å²) in [5.74, 6) is -0.754. The van der Waals surface area contributed by atoms with Crippen LogP contribution in [0.2, 0.25) is 0 Å². The van der Waals surface area contributed by atoms with Gasteiger partial charge in [-0.2, -0.15) is 5.26 Å². The molecule has 0 spiro atoms. The lowest BCUT2D eigenvalue weighted by molar-refractivity contribution is -0.137. The molecule has 1 aliphatic heterocycles. The smallest absolute Gasteiger partial charge is 0.305 e. The Labute approximate surface area is 100 Å². The van der Waals surface area contributed by atoms with Crippen LogP contribution in [0.15, 0.2) is 24.3 Å². The van der Waals surface area contributed by atoms with Crippen molar-refractivity contribution in [3.63, 3.8) is 0 Å². The molecule has 4 nitrogen and oxygen atoms in total. The second-order valence-corrected chi connectivity index (χ2v) is 4.25. The molecule has 17 heavy (non-hydrogen) atoms. The Morgan fingerprint density at radius 2 is 2.18 bits per heavy atom. The van der Waals surface area contributed by atoms with Gasteiger partial charge in [-0.25, -0.2) is 0 Å². The van der Waals surface area contributed by atoms with Crippen LogP contribution in [0.4, 0.5) is 5.69 Å². The maximum Gasteiger partial charge on any atom is 0.305 e. The molecule has 1 atom stereocenters. The molecule has 0 aliphatic carbocycles. The number of benzene rings is 1. The van der Waals surface area contributed by atoms with E-state index in [1.807, 2.05) is 12.1 Å². The van der Waals surface area contributed by atoms with Crippen LogP contribution in [-0.2, 0) is 4.79 Å². The van der Waals surface area contributed by atoms with Crippen molar-refractivity contribution >= 4 is 11.7 Å². The molecule has 2 rings (SSSR count). The van der Waals surface area contributed by atoms with E-state index in [2.05, 4.69) is 11.0 Å². The van der Waals surface area contributed by atoms with Crippen molar-refractivity contribution in [3.05, 3.63) is 29.8 Å². The fraction of sp³-hybridized carbons (Fsp3) is 0.385. The van der Waals surface area contributed by atoms with Gasteiger partial charge in [-0.15, -0.1) is 0 Å². The molecule has 0 saturated carbocycles. The minimum Gasteiger partial charge on any atom is -0.481 e. The highest BCUT2D eigenvalue weighted by atomic mass is 16.4. The molecule has 4 heteroatoms. The summed E-state index contributed by atoms with van der Waals surface area (Å²) in [6.07, 6.45) is 2.13. The largest absolute Gasteiger partial charge is 0.481 e. The van der Waals surface area contributed by atoms with Crippen LogP contribution in [0.3, 0.4) is 0 Å². The Morgan fingerprint density at radius 3 is 2.76 bits per heavy atom. The molecule has 88 valence electrons. The monoisotopic (exact) mass is 230 g/mol. The summed E-state index contributed by atoms with van der Waals surface area (Å²) in [7, 11) is 0. The van der Waals surface area contributed by atoms with Gasteiger partial charge in [0.05, 0.1) is 18.1 Å². The van der Waals surface area contributed by atoms with E-state index in [0.29, 0.717) is 5.56 Å². The third kappa shape index (κ3) is 2.56. The maximum atomic E-state index is 10.8. The van der Waals surface area contributed by atoms with Gasteiger partial charge in [-0.1, -0.05) is 0 Å². The fourth-order valence-electron chi connectivity index (χ4n) is 2.32. The lowest BCUT2D eigenvalue weighted by Gasteiger charge is -2.25. The second-order valence-electron chi connectivity index (χ2n) is 4.25. The quantitative estimate of drug-likeness (QED) is 0.862. The van der Waals surface area contributed by atoms with Crippen LogP contribution in [-0.4, -0.2) is 23.7 Å². The first-order valence-electron chi connectivity index (χ1n) is 5.69. The van der Waals surface area contributed by atoms with E-state index in [1.54, 1.807) is 12.1 Å². The van der Waals surface area contributed by atoms with Crippen molar-refractivity contribution in [2.24, 2.45) is 0 Å². The minimum atomic E-state index is -0.754. The number of anilines is 1. The first kappa shape index (κ1) is 11.5. The predicted octanol–water partition coefficient (Wildman–Crippen LogP) is 2.00. The fourth-order valence-corrected chi connectivity index (χ4v) is 2.32. The van der Waals surface area contributed by atoms with E-state index in [0.717, 1.165) is 25.1 Å². The zero-order valence-corrected chi connectivity index (χ0v) is 9.47. The topological polar surface area (TPSA) is 64.3 Å². The number of nitriles is 1. The molecule has 1 saturated heterocycles. The van der Waals surface area contributed by atoms with Crippen molar-refractivity contribution < 1.29 is 9.90 Å². The van der Waals surface area contributed by atoms with E-state index >= 15 is 0 Å². The van der Waals surface area contributed by atoms with Crippen molar-refractivity contribution in [3.8, 4) is 6.07 Å². The van der Waals surface area contributed by atoms with Gasteiger partial charge in [0.1, 0.15) is 0 Å². The summed E-state index contributed by atoms with van der Waals surface area (Å²) in [6, 6.07) is 9.47. The molecule has 1 unspecified atom stereocenters. The molecule has 1 aromatic rings. The van der Waals surface area contributed by atoms with Crippen molar-refractivity contribution in [1.29, 1.82) is 5.26 Å². The van der Waals surface area contributed by atoms with Crippen molar-refractivity contribution in [1.82, 2.24) is 0 Å². The summed E-state index contributed by atoms with van der Waals surface area (Å²) in [6.45, 7) is 0.893. The first-order chi connectivity index (χ1) is 8.20. The lowest BCUT2D eigenvalue weighted by atomic mass is 10.1. The van der Waals surface area contributed by atoms with E-state index in [1.165, 1.54) is 0 Å². The van der Waals surface area contributed by atoms with Gasteiger partial charge in [0, 0.05) is 18.3 Å². The number of aliphatic carboxylic acids is 1. The van der Waals surface area contributed by atoms with Gasteiger partial charge in [-0.3, -0.25) is 4.79 Å². The summed E-state index contributed by atoms with van der Waals surface area (Å²) in [5, 5.41) is 17.6. The first-order valence-corrected chi connectivity index (χ1v) is 5.69. The molecular weight excluding hydrogens is 216 g/mol. The van der Waals surface area contributed by atoms with Gasteiger partial charge >= 0.3 is 5.97 Å². The average Bonchev–Trinajstić information content (AvgIpc) is 2.76. The Bertz CT molecular complexity index is 447. The van der Waals surface area contributed by atoms with Crippen LogP contribution in [0.25, 0.3) is 0 Å². The third-order valence-electron chi connectivity index (χ3n) is 3.12. The van der Waals surface area contributed by atoms with Crippen LogP contribution >= 0.6 is 0 Å². The van der Waals surface area contributed by atoms with E-state index < -0.39 is 5.97 Å². The number of hydrogen-bond donors (Lipinski definition) is 1. The molecule has 0 aromatic heterocycles. The molecular formula is C13H14N2O2.